The quantitative estimate of drug-likeness (QED) is 0.439. The topological polar surface area (TPSA) is 88.1 Å². The Hall–Kier alpha value is -3.49. The van der Waals surface area contributed by atoms with E-state index in [9.17, 15) is 13.2 Å². The Labute approximate surface area is 193 Å². The minimum absolute atomic E-state index is 0.117. The van der Waals surface area contributed by atoms with Crippen molar-refractivity contribution >= 4 is 27.3 Å². The highest BCUT2D eigenvalue weighted by Gasteiger charge is 2.25. The zero-order valence-electron chi connectivity index (χ0n) is 18.9. The minimum atomic E-state index is -3.63. The van der Waals surface area contributed by atoms with Crippen LogP contribution in [-0.4, -0.2) is 45.0 Å². The number of carbonyl (C=O) groups excluding carboxylic acids is 1. The van der Waals surface area contributed by atoms with Crippen molar-refractivity contribution in [1.82, 2.24) is 4.31 Å². The summed E-state index contributed by atoms with van der Waals surface area (Å²) in [4.78, 5) is 18.1. The molecule has 7 nitrogen and oxygen atoms in total. The Balaban J connectivity index is 1.52. The molecule has 3 aromatic rings. The first kappa shape index (κ1) is 22.7. The fourth-order valence-electron chi connectivity index (χ4n) is 3.75. The number of hydrogen-bond acceptors (Lipinski definition) is 5. The van der Waals surface area contributed by atoms with Crippen LogP contribution < -0.4 is 5.32 Å². The van der Waals surface area contributed by atoms with Crippen molar-refractivity contribution in [3.8, 4) is 11.1 Å². The highest BCUT2D eigenvalue weighted by molar-refractivity contribution is 7.89. The van der Waals surface area contributed by atoms with E-state index in [0.29, 0.717) is 11.4 Å². The molecule has 0 fully saturated rings. The van der Waals surface area contributed by atoms with E-state index in [1.807, 2.05) is 55.5 Å². The van der Waals surface area contributed by atoms with Crippen LogP contribution in [0.25, 0.3) is 11.1 Å². The van der Waals surface area contributed by atoms with Gasteiger partial charge >= 0.3 is 0 Å². The first-order valence-corrected chi connectivity index (χ1v) is 11.9. The molecule has 0 radical (unpaired) electrons. The second-order valence-electron chi connectivity index (χ2n) is 8.05. The van der Waals surface area contributed by atoms with E-state index in [2.05, 4.69) is 10.5 Å². The molecule has 1 aliphatic carbocycles. The lowest BCUT2D eigenvalue weighted by molar-refractivity contribution is -0.120. The average Bonchev–Trinajstić information content (AvgIpc) is 3.10. The number of hydrogen-bond donors (Lipinski definition) is 1. The molecular formula is C25H25N3O4S. The van der Waals surface area contributed by atoms with Gasteiger partial charge in [-0.2, -0.15) is 0 Å². The Morgan fingerprint density at radius 1 is 0.939 bits per heavy atom. The maximum absolute atomic E-state index is 12.6. The van der Waals surface area contributed by atoms with Crippen LogP contribution >= 0.6 is 0 Å². The van der Waals surface area contributed by atoms with Crippen molar-refractivity contribution < 1.29 is 18.0 Å². The number of oxime groups is 1. The molecule has 0 saturated heterocycles. The summed E-state index contributed by atoms with van der Waals surface area (Å²) in [5, 5.41) is 7.01. The second kappa shape index (κ2) is 8.80. The number of fused-ring (bicyclic) bond motifs is 3. The van der Waals surface area contributed by atoms with E-state index in [1.165, 1.54) is 20.2 Å². The van der Waals surface area contributed by atoms with Crippen LogP contribution in [0.1, 0.15) is 22.3 Å². The maximum atomic E-state index is 12.6. The van der Waals surface area contributed by atoms with Gasteiger partial charge in [0.05, 0.1) is 4.90 Å². The maximum Gasteiger partial charge on any atom is 0.265 e. The second-order valence-corrected chi connectivity index (χ2v) is 10.2. The van der Waals surface area contributed by atoms with Gasteiger partial charge in [-0.05, 0) is 48.2 Å². The Bertz CT molecular complexity index is 1330. The molecular weight excluding hydrogens is 438 g/mol. The van der Waals surface area contributed by atoms with Crippen LogP contribution in [0, 0.1) is 13.8 Å². The smallest absolute Gasteiger partial charge is 0.265 e. The Morgan fingerprint density at radius 3 is 2.03 bits per heavy atom. The number of aryl methyl sites for hydroxylation is 1. The monoisotopic (exact) mass is 463 g/mol. The number of rotatable bonds is 6. The third-order valence-electron chi connectivity index (χ3n) is 5.70. The van der Waals surface area contributed by atoms with Gasteiger partial charge in [0.2, 0.25) is 10.0 Å². The number of nitrogens with one attached hydrogen (secondary N) is 1. The molecule has 0 aromatic heterocycles. The first-order valence-electron chi connectivity index (χ1n) is 10.4. The summed E-state index contributed by atoms with van der Waals surface area (Å²) in [5.41, 5.74) is 6.70. The number of amides is 1. The summed E-state index contributed by atoms with van der Waals surface area (Å²) in [6.07, 6.45) is 0. The number of benzene rings is 3. The number of carbonyl (C=O) groups is 1. The summed E-state index contributed by atoms with van der Waals surface area (Å²) in [6.45, 7) is 3.32. The molecule has 1 aliphatic rings. The van der Waals surface area contributed by atoms with Crippen molar-refractivity contribution in [2.24, 2.45) is 5.16 Å². The summed E-state index contributed by atoms with van der Waals surface area (Å²) >= 11 is 0. The highest BCUT2D eigenvalue weighted by atomic mass is 32.2. The van der Waals surface area contributed by atoms with Gasteiger partial charge in [0.15, 0.2) is 6.61 Å². The van der Waals surface area contributed by atoms with Crippen molar-refractivity contribution in [1.29, 1.82) is 0 Å². The SMILES string of the molecule is Cc1cc(S(=O)(=O)N(C)C)cc(NC(=O)CON=C2c3ccccc3-c3ccccc32)c1C. The van der Waals surface area contributed by atoms with Gasteiger partial charge in [0.25, 0.3) is 5.91 Å². The number of nitrogens with zero attached hydrogens (tertiary/aromatic N) is 2. The molecule has 0 spiro atoms. The molecule has 0 saturated carbocycles. The average molecular weight is 464 g/mol. The lowest BCUT2D eigenvalue weighted by Gasteiger charge is -2.16. The summed E-state index contributed by atoms with van der Waals surface area (Å²) in [6, 6.07) is 18.9. The molecule has 0 heterocycles. The largest absolute Gasteiger partial charge is 0.385 e. The normalized spacial score (nSPS) is 12.3. The van der Waals surface area contributed by atoms with E-state index in [1.54, 1.807) is 13.0 Å². The molecule has 1 amide bonds. The van der Waals surface area contributed by atoms with Crippen LogP contribution in [0.2, 0.25) is 0 Å². The zero-order valence-corrected chi connectivity index (χ0v) is 19.7. The predicted octanol–water partition coefficient (Wildman–Crippen LogP) is 3.94. The first-order chi connectivity index (χ1) is 15.7. The van der Waals surface area contributed by atoms with Crippen LogP contribution in [0.5, 0.6) is 0 Å². The lowest BCUT2D eigenvalue weighted by Crippen LogP contribution is -2.23. The third kappa shape index (κ3) is 4.27. The summed E-state index contributed by atoms with van der Waals surface area (Å²) < 4.78 is 26.2. The molecule has 8 heteroatoms. The van der Waals surface area contributed by atoms with Gasteiger partial charge in [-0.15, -0.1) is 0 Å². The van der Waals surface area contributed by atoms with Crippen molar-refractivity contribution in [3.63, 3.8) is 0 Å². The molecule has 1 N–H and O–H groups in total. The van der Waals surface area contributed by atoms with Crippen LogP contribution in [-0.2, 0) is 19.7 Å². The van der Waals surface area contributed by atoms with Crippen molar-refractivity contribution in [3.05, 3.63) is 82.9 Å². The molecule has 0 bridgehead atoms. The van der Waals surface area contributed by atoms with Crippen molar-refractivity contribution in [2.75, 3.05) is 26.0 Å². The van der Waals surface area contributed by atoms with E-state index in [0.717, 1.165) is 37.7 Å². The molecule has 3 aromatic carbocycles. The van der Waals surface area contributed by atoms with Gasteiger partial charge < -0.3 is 10.2 Å². The standard InChI is InChI=1S/C25H25N3O4S/c1-16-13-18(33(30,31)28(3)4)14-23(17(16)2)26-24(29)15-32-27-25-21-11-7-5-9-19(21)20-10-6-8-12-22(20)25/h5-14H,15H2,1-4H3,(H,26,29). The number of sulfonamides is 1. The fourth-order valence-corrected chi connectivity index (χ4v) is 4.76. The van der Waals surface area contributed by atoms with Crippen LogP contribution in [0.4, 0.5) is 5.69 Å². The van der Waals surface area contributed by atoms with E-state index in [-0.39, 0.29) is 11.5 Å². The van der Waals surface area contributed by atoms with Gasteiger partial charge in [0.1, 0.15) is 5.71 Å². The molecule has 33 heavy (non-hydrogen) atoms. The van der Waals surface area contributed by atoms with E-state index in [4.69, 9.17) is 4.84 Å². The Morgan fingerprint density at radius 2 is 1.48 bits per heavy atom. The summed E-state index contributed by atoms with van der Waals surface area (Å²) in [7, 11) is -0.696. The zero-order chi connectivity index (χ0) is 23.8. The number of anilines is 1. The molecule has 170 valence electrons. The molecule has 0 atom stereocenters. The minimum Gasteiger partial charge on any atom is -0.385 e. The third-order valence-corrected chi connectivity index (χ3v) is 7.49. The van der Waals surface area contributed by atoms with Gasteiger partial charge in [0, 0.05) is 30.9 Å². The summed E-state index contributed by atoms with van der Waals surface area (Å²) in [5.74, 6) is -0.430. The van der Waals surface area contributed by atoms with Crippen LogP contribution in [0.3, 0.4) is 0 Å². The van der Waals surface area contributed by atoms with E-state index < -0.39 is 15.9 Å². The van der Waals surface area contributed by atoms with Gasteiger partial charge in [-0.3, -0.25) is 4.79 Å². The van der Waals surface area contributed by atoms with Gasteiger partial charge in [-0.25, -0.2) is 12.7 Å². The lowest BCUT2D eigenvalue weighted by atomic mass is 10.1. The van der Waals surface area contributed by atoms with Crippen molar-refractivity contribution in [2.45, 2.75) is 18.7 Å². The molecule has 4 rings (SSSR count). The van der Waals surface area contributed by atoms with Crippen LogP contribution in [0.15, 0.2) is 70.7 Å². The van der Waals surface area contributed by atoms with E-state index >= 15 is 0 Å². The van der Waals surface area contributed by atoms with Gasteiger partial charge in [-0.1, -0.05) is 53.7 Å². The molecule has 0 unspecified atom stereocenters. The molecule has 0 aliphatic heterocycles. The fraction of sp³-hybridized carbons (Fsp3) is 0.200. The predicted molar refractivity (Wildman–Crippen MR) is 129 cm³/mol. The highest BCUT2D eigenvalue weighted by Crippen LogP contribution is 2.36. The Kier molecular flexibility index (Phi) is 6.05.